The maximum Gasteiger partial charge on any atom is 0.347 e. The van der Waals surface area contributed by atoms with Crippen LogP contribution in [0.15, 0.2) is 42.5 Å². The van der Waals surface area contributed by atoms with Gasteiger partial charge in [-0.3, -0.25) is 10.1 Å². The summed E-state index contributed by atoms with van der Waals surface area (Å²) in [6.45, 7) is 5.44. The van der Waals surface area contributed by atoms with E-state index in [1.165, 1.54) is 11.3 Å². The molecule has 28 heavy (non-hydrogen) atoms. The first kappa shape index (κ1) is 19.8. The van der Waals surface area contributed by atoms with Gasteiger partial charge in [-0.2, -0.15) is 0 Å². The minimum atomic E-state index is -0.761. The van der Waals surface area contributed by atoms with Gasteiger partial charge in [-0.05, 0) is 49.6 Å². The second-order valence-corrected chi connectivity index (χ2v) is 7.46. The van der Waals surface area contributed by atoms with Gasteiger partial charge in [0, 0.05) is 0 Å². The van der Waals surface area contributed by atoms with E-state index < -0.39 is 18.0 Å². The third-order valence-corrected chi connectivity index (χ3v) is 4.99. The first-order valence-electron chi connectivity index (χ1n) is 9.02. The molecule has 6 nitrogen and oxygen atoms in total. The second kappa shape index (κ2) is 8.84. The molecule has 0 radical (unpaired) electrons. The summed E-state index contributed by atoms with van der Waals surface area (Å²) < 4.78 is 11.7. The Hall–Kier alpha value is -2.93. The van der Waals surface area contributed by atoms with Gasteiger partial charge in [-0.15, -0.1) is 0 Å². The van der Waals surface area contributed by atoms with Gasteiger partial charge < -0.3 is 9.47 Å². The fourth-order valence-corrected chi connectivity index (χ4v) is 3.83. The van der Waals surface area contributed by atoms with E-state index in [-0.39, 0.29) is 6.61 Å². The number of esters is 1. The van der Waals surface area contributed by atoms with Crippen LogP contribution in [0.3, 0.4) is 0 Å². The van der Waals surface area contributed by atoms with Crippen molar-refractivity contribution in [3.63, 3.8) is 0 Å². The van der Waals surface area contributed by atoms with Crippen LogP contribution in [0.2, 0.25) is 0 Å². The van der Waals surface area contributed by atoms with Gasteiger partial charge in [0.1, 0.15) is 5.75 Å². The van der Waals surface area contributed by atoms with Gasteiger partial charge in [-0.1, -0.05) is 42.5 Å². The van der Waals surface area contributed by atoms with E-state index in [0.29, 0.717) is 17.3 Å². The number of hydrogen-bond donors (Lipinski definition) is 1. The van der Waals surface area contributed by atoms with Gasteiger partial charge in [-0.25, -0.2) is 9.78 Å². The molecule has 3 aromatic rings. The van der Waals surface area contributed by atoms with Crippen molar-refractivity contribution in [2.45, 2.75) is 33.3 Å². The number of fused-ring (bicyclic) bond motifs is 1. The van der Waals surface area contributed by atoms with Crippen LogP contribution in [0.1, 0.15) is 24.5 Å². The number of nitrogens with zero attached hydrogens (tertiary/aromatic N) is 1. The Balaban J connectivity index is 1.56. The number of para-hydroxylation sites is 1. The fourth-order valence-electron chi connectivity index (χ4n) is 2.77. The summed E-state index contributed by atoms with van der Waals surface area (Å²) in [6, 6.07) is 13.1. The molecule has 0 spiro atoms. The Bertz CT molecular complexity index is 985. The van der Waals surface area contributed by atoms with E-state index in [2.05, 4.69) is 10.3 Å². The number of ether oxygens (including phenoxy) is 2. The number of rotatable bonds is 7. The van der Waals surface area contributed by atoms with Crippen molar-refractivity contribution >= 4 is 38.6 Å². The number of anilines is 1. The van der Waals surface area contributed by atoms with Gasteiger partial charge in [0.15, 0.2) is 17.8 Å². The summed E-state index contributed by atoms with van der Waals surface area (Å²) in [5, 5.41) is 3.17. The lowest BCUT2D eigenvalue weighted by atomic mass is 10.1. The zero-order chi connectivity index (χ0) is 20.1. The van der Waals surface area contributed by atoms with Gasteiger partial charge >= 0.3 is 5.97 Å². The number of carbonyl (C=O) groups excluding carboxylic acids is 2. The number of thiazole rings is 1. The van der Waals surface area contributed by atoms with E-state index in [1.807, 2.05) is 51.1 Å². The number of aryl methyl sites for hydroxylation is 2. The average Bonchev–Trinajstić information content (AvgIpc) is 3.07. The largest absolute Gasteiger partial charge is 0.479 e. The number of aromatic nitrogens is 1. The predicted molar refractivity (Wildman–Crippen MR) is 110 cm³/mol. The number of benzene rings is 2. The topological polar surface area (TPSA) is 77.5 Å². The van der Waals surface area contributed by atoms with Gasteiger partial charge in [0.05, 0.1) is 10.2 Å². The number of hydrogen-bond acceptors (Lipinski definition) is 6. The van der Waals surface area contributed by atoms with Crippen LogP contribution in [0, 0.1) is 13.8 Å². The molecular weight excluding hydrogens is 376 g/mol. The monoisotopic (exact) mass is 398 g/mol. The Morgan fingerprint density at radius 2 is 1.93 bits per heavy atom. The van der Waals surface area contributed by atoms with E-state index in [4.69, 9.17) is 9.47 Å². The van der Waals surface area contributed by atoms with Crippen molar-refractivity contribution in [1.82, 2.24) is 4.98 Å². The molecule has 1 N–H and O–H groups in total. The first-order valence-corrected chi connectivity index (χ1v) is 9.84. The lowest BCUT2D eigenvalue weighted by Crippen LogP contribution is -2.31. The summed E-state index contributed by atoms with van der Waals surface area (Å²) in [4.78, 5) is 28.8. The van der Waals surface area contributed by atoms with E-state index >= 15 is 0 Å². The van der Waals surface area contributed by atoms with Crippen LogP contribution in [-0.4, -0.2) is 29.6 Å². The minimum absolute atomic E-state index is 0.387. The van der Waals surface area contributed by atoms with Crippen LogP contribution in [-0.2, 0) is 14.3 Å². The van der Waals surface area contributed by atoms with Crippen molar-refractivity contribution in [1.29, 1.82) is 0 Å². The molecule has 0 saturated heterocycles. The number of amides is 1. The minimum Gasteiger partial charge on any atom is -0.479 e. The quantitative estimate of drug-likeness (QED) is 0.602. The summed E-state index contributed by atoms with van der Waals surface area (Å²) in [5.74, 6) is -0.426. The van der Waals surface area contributed by atoms with E-state index in [0.717, 1.165) is 21.3 Å². The molecule has 1 amide bonds. The van der Waals surface area contributed by atoms with Gasteiger partial charge in [0.2, 0.25) is 0 Å². The maximum atomic E-state index is 12.2. The van der Waals surface area contributed by atoms with Crippen LogP contribution in [0.25, 0.3) is 10.2 Å². The third kappa shape index (κ3) is 4.86. The molecule has 7 heteroatoms. The molecule has 1 aromatic heterocycles. The molecule has 0 aliphatic carbocycles. The molecule has 0 unspecified atom stereocenters. The average molecular weight is 398 g/mol. The number of carbonyl (C=O) groups is 2. The third-order valence-electron chi connectivity index (χ3n) is 4.08. The Morgan fingerprint density at radius 1 is 1.18 bits per heavy atom. The highest BCUT2D eigenvalue weighted by Gasteiger charge is 2.21. The number of nitrogens with one attached hydrogen (secondary N) is 1. The van der Waals surface area contributed by atoms with Crippen LogP contribution < -0.4 is 10.1 Å². The summed E-state index contributed by atoms with van der Waals surface area (Å²) in [7, 11) is 0. The molecule has 0 aliphatic heterocycles. The molecule has 0 aliphatic rings. The molecule has 0 saturated carbocycles. The molecule has 1 atom stereocenters. The van der Waals surface area contributed by atoms with Crippen molar-refractivity contribution < 1.29 is 19.1 Å². The Labute approximate surface area is 167 Å². The van der Waals surface area contributed by atoms with Crippen molar-refractivity contribution in [3.05, 3.63) is 53.6 Å². The SMILES string of the molecule is CC[C@@H](Oc1ccccc1)C(=O)OCC(=O)Nc1nc2c(C)cc(C)cc2s1. The normalized spacial score (nSPS) is 11.8. The molecule has 0 fully saturated rings. The highest BCUT2D eigenvalue weighted by atomic mass is 32.1. The molecule has 0 bridgehead atoms. The molecule has 1 heterocycles. The molecular formula is C21H22N2O4S. The van der Waals surface area contributed by atoms with Crippen molar-refractivity contribution in [2.24, 2.45) is 0 Å². The second-order valence-electron chi connectivity index (χ2n) is 6.43. The highest BCUT2D eigenvalue weighted by molar-refractivity contribution is 7.22. The first-order chi connectivity index (χ1) is 13.5. The summed E-state index contributed by atoms with van der Waals surface area (Å²) >= 11 is 1.39. The molecule has 2 aromatic carbocycles. The van der Waals surface area contributed by atoms with E-state index in [1.54, 1.807) is 12.1 Å². The predicted octanol–water partition coefficient (Wildman–Crippen LogP) is 4.25. The zero-order valence-corrected chi connectivity index (χ0v) is 16.8. The lowest BCUT2D eigenvalue weighted by molar-refractivity contribution is -0.154. The van der Waals surface area contributed by atoms with Crippen LogP contribution in [0.4, 0.5) is 5.13 Å². The summed E-state index contributed by atoms with van der Waals surface area (Å²) in [6.07, 6.45) is -0.325. The Kier molecular flexibility index (Phi) is 6.26. The summed E-state index contributed by atoms with van der Waals surface area (Å²) in [5.41, 5.74) is 3.07. The molecule has 3 rings (SSSR count). The van der Waals surface area contributed by atoms with Crippen molar-refractivity contribution in [2.75, 3.05) is 11.9 Å². The Morgan fingerprint density at radius 3 is 2.64 bits per heavy atom. The fraction of sp³-hybridized carbons (Fsp3) is 0.286. The maximum absolute atomic E-state index is 12.2. The van der Waals surface area contributed by atoms with Crippen molar-refractivity contribution in [3.8, 4) is 5.75 Å². The van der Waals surface area contributed by atoms with E-state index in [9.17, 15) is 9.59 Å². The molecule has 146 valence electrons. The lowest BCUT2D eigenvalue weighted by Gasteiger charge is -2.16. The van der Waals surface area contributed by atoms with Crippen LogP contribution in [0.5, 0.6) is 5.75 Å². The van der Waals surface area contributed by atoms with Crippen LogP contribution >= 0.6 is 11.3 Å². The standard InChI is InChI=1S/C21H22N2O4S/c1-4-16(27-15-8-6-5-7-9-15)20(25)26-12-18(24)22-21-23-19-14(3)10-13(2)11-17(19)28-21/h5-11,16H,4,12H2,1-3H3,(H,22,23,24)/t16-/m1/s1. The smallest absolute Gasteiger partial charge is 0.347 e. The zero-order valence-electron chi connectivity index (χ0n) is 16.0. The van der Waals surface area contributed by atoms with Gasteiger partial charge in [0.25, 0.3) is 5.91 Å². The highest BCUT2D eigenvalue weighted by Crippen LogP contribution is 2.29.